The van der Waals surface area contributed by atoms with Crippen LogP contribution >= 0.6 is 0 Å². The molecule has 0 aromatic heterocycles. The summed E-state index contributed by atoms with van der Waals surface area (Å²) in [6.07, 6.45) is 4.78. The Hall–Kier alpha value is -2.04. The maximum atomic E-state index is 12.2. The first kappa shape index (κ1) is 15.4. The Kier molecular flexibility index (Phi) is 4.83. The average Bonchev–Trinajstić information content (AvgIpc) is 2.41. The second-order valence-corrected chi connectivity index (χ2v) is 5.88. The van der Waals surface area contributed by atoms with Gasteiger partial charge in [-0.25, -0.2) is 0 Å². The van der Waals surface area contributed by atoms with E-state index in [0.29, 0.717) is 5.69 Å². The van der Waals surface area contributed by atoms with Crippen molar-refractivity contribution in [1.29, 1.82) is 0 Å². The SMILES string of the molecule is Nc1ccc(CC(=O)NC2(CC(=O)O)CCCCC2)cc1. The molecule has 21 heavy (non-hydrogen) atoms. The van der Waals surface area contributed by atoms with Crippen LogP contribution in [0.1, 0.15) is 44.1 Å². The van der Waals surface area contributed by atoms with Gasteiger partial charge in [-0.15, -0.1) is 0 Å². The lowest BCUT2D eigenvalue weighted by Gasteiger charge is -2.37. The maximum absolute atomic E-state index is 12.2. The van der Waals surface area contributed by atoms with E-state index >= 15 is 0 Å². The zero-order valence-electron chi connectivity index (χ0n) is 12.1. The smallest absolute Gasteiger partial charge is 0.305 e. The van der Waals surface area contributed by atoms with Gasteiger partial charge in [-0.3, -0.25) is 9.59 Å². The Bertz CT molecular complexity index is 505. The van der Waals surface area contributed by atoms with E-state index in [1.807, 2.05) is 12.1 Å². The molecule has 4 N–H and O–H groups in total. The molecule has 0 bridgehead atoms. The van der Waals surface area contributed by atoms with Gasteiger partial charge in [0, 0.05) is 5.69 Å². The highest BCUT2D eigenvalue weighted by atomic mass is 16.4. The molecule has 0 radical (unpaired) electrons. The summed E-state index contributed by atoms with van der Waals surface area (Å²) in [5.74, 6) is -0.979. The molecular weight excluding hydrogens is 268 g/mol. The molecule has 1 fully saturated rings. The van der Waals surface area contributed by atoms with Gasteiger partial charge in [0.2, 0.25) is 5.91 Å². The Labute approximate surface area is 124 Å². The normalized spacial score (nSPS) is 17.1. The van der Waals surface area contributed by atoms with Crippen molar-refractivity contribution >= 4 is 17.6 Å². The zero-order chi connectivity index (χ0) is 15.3. The molecule has 0 heterocycles. The second kappa shape index (κ2) is 6.61. The number of nitrogens with one attached hydrogen (secondary N) is 1. The Morgan fingerprint density at radius 3 is 2.33 bits per heavy atom. The van der Waals surface area contributed by atoms with Gasteiger partial charge in [-0.05, 0) is 30.5 Å². The van der Waals surface area contributed by atoms with Crippen LogP contribution in [0, 0.1) is 0 Å². The molecule has 1 aromatic carbocycles. The third-order valence-corrected chi connectivity index (χ3v) is 4.05. The van der Waals surface area contributed by atoms with Crippen molar-refractivity contribution in [2.24, 2.45) is 0 Å². The van der Waals surface area contributed by atoms with Gasteiger partial charge in [0.15, 0.2) is 0 Å². The van der Waals surface area contributed by atoms with E-state index in [-0.39, 0.29) is 18.7 Å². The molecule has 114 valence electrons. The summed E-state index contributed by atoms with van der Waals surface area (Å²) >= 11 is 0. The summed E-state index contributed by atoms with van der Waals surface area (Å²) < 4.78 is 0. The molecule has 0 atom stereocenters. The second-order valence-electron chi connectivity index (χ2n) is 5.88. The average molecular weight is 290 g/mol. The lowest BCUT2D eigenvalue weighted by atomic mass is 9.79. The van der Waals surface area contributed by atoms with Gasteiger partial charge >= 0.3 is 5.97 Å². The van der Waals surface area contributed by atoms with E-state index in [9.17, 15) is 9.59 Å². The molecule has 1 saturated carbocycles. The number of carbonyl (C=O) groups is 2. The number of amides is 1. The fourth-order valence-corrected chi connectivity index (χ4v) is 3.02. The first-order valence-electron chi connectivity index (χ1n) is 7.36. The van der Waals surface area contributed by atoms with E-state index in [1.165, 1.54) is 0 Å². The summed E-state index contributed by atoms with van der Waals surface area (Å²) in [6.45, 7) is 0. The molecule has 0 unspecified atom stereocenters. The lowest BCUT2D eigenvalue weighted by Crippen LogP contribution is -2.51. The number of aliphatic carboxylic acids is 1. The quantitative estimate of drug-likeness (QED) is 0.724. The van der Waals surface area contributed by atoms with Crippen molar-refractivity contribution in [2.75, 3.05) is 5.73 Å². The summed E-state index contributed by atoms with van der Waals surface area (Å²) in [5.41, 5.74) is 6.58. The topological polar surface area (TPSA) is 92.4 Å². The molecule has 5 heteroatoms. The van der Waals surface area contributed by atoms with Crippen molar-refractivity contribution < 1.29 is 14.7 Å². The molecule has 5 nitrogen and oxygen atoms in total. The number of carbonyl (C=O) groups excluding carboxylic acids is 1. The monoisotopic (exact) mass is 290 g/mol. The fraction of sp³-hybridized carbons (Fsp3) is 0.500. The maximum Gasteiger partial charge on any atom is 0.305 e. The number of carboxylic acid groups (broad SMARTS) is 1. The van der Waals surface area contributed by atoms with Gasteiger partial charge < -0.3 is 16.2 Å². The molecule has 1 aliphatic carbocycles. The van der Waals surface area contributed by atoms with E-state index < -0.39 is 11.5 Å². The molecule has 1 aliphatic rings. The number of rotatable bonds is 5. The van der Waals surface area contributed by atoms with Crippen LogP contribution in [0.15, 0.2) is 24.3 Å². The van der Waals surface area contributed by atoms with Gasteiger partial charge in [-0.2, -0.15) is 0 Å². The minimum atomic E-state index is -0.857. The van der Waals surface area contributed by atoms with E-state index in [2.05, 4.69) is 5.32 Å². The van der Waals surface area contributed by atoms with Crippen molar-refractivity contribution in [3.63, 3.8) is 0 Å². The van der Waals surface area contributed by atoms with Crippen LogP contribution in [-0.2, 0) is 16.0 Å². The number of hydrogen-bond acceptors (Lipinski definition) is 3. The van der Waals surface area contributed by atoms with Crippen molar-refractivity contribution in [1.82, 2.24) is 5.32 Å². The molecule has 1 amide bonds. The third-order valence-electron chi connectivity index (χ3n) is 4.05. The van der Waals surface area contributed by atoms with E-state index in [1.54, 1.807) is 12.1 Å². The van der Waals surface area contributed by atoms with Gasteiger partial charge in [0.05, 0.1) is 18.4 Å². The highest BCUT2D eigenvalue weighted by Crippen LogP contribution is 2.31. The number of carboxylic acids is 1. The van der Waals surface area contributed by atoms with E-state index in [0.717, 1.165) is 37.7 Å². The molecule has 0 aliphatic heterocycles. The van der Waals surface area contributed by atoms with Crippen molar-refractivity contribution in [3.05, 3.63) is 29.8 Å². The number of benzene rings is 1. The molecule has 0 saturated heterocycles. The first-order valence-corrected chi connectivity index (χ1v) is 7.36. The first-order chi connectivity index (χ1) is 9.99. The Morgan fingerprint density at radius 1 is 1.14 bits per heavy atom. The Balaban J connectivity index is 2.00. The van der Waals surface area contributed by atoms with Crippen LogP contribution in [0.3, 0.4) is 0 Å². The molecule has 2 rings (SSSR count). The summed E-state index contributed by atoms with van der Waals surface area (Å²) in [4.78, 5) is 23.3. The van der Waals surface area contributed by atoms with Crippen LogP contribution in [0.25, 0.3) is 0 Å². The molecule has 0 spiro atoms. The molecular formula is C16H22N2O3. The predicted molar refractivity (Wildman–Crippen MR) is 80.8 cm³/mol. The van der Waals surface area contributed by atoms with Crippen LogP contribution < -0.4 is 11.1 Å². The van der Waals surface area contributed by atoms with Gasteiger partial charge in [-0.1, -0.05) is 31.4 Å². The Morgan fingerprint density at radius 2 is 1.76 bits per heavy atom. The number of nitrogen functional groups attached to an aromatic ring is 1. The minimum absolute atomic E-state index is 0.000474. The number of anilines is 1. The molecule has 1 aromatic rings. The fourth-order valence-electron chi connectivity index (χ4n) is 3.02. The van der Waals surface area contributed by atoms with Crippen LogP contribution in [0.2, 0.25) is 0 Å². The van der Waals surface area contributed by atoms with Crippen molar-refractivity contribution in [3.8, 4) is 0 Å². The summed E-state index contributed by atoms with van der Waals surface area (Å²) in [5, 5.41) is 12.1. The van der Waals surface area contributed by atoms with Crippen LogP contribution in [0.4, 0.5) is 5.69 Å². The largest absolute Gasteiger partial charge is 0.481 e. The standard InChI is InChI=1S/C16H22N2O3/c17-13-6-4-12(5-7-13)10-14(19)18-16(11-15(20)21)8-2-1-3-9-16/h4-7H,1-3,8-11,17H2,(H,18,19)(H,20,21). The summed E-state index contributed by atoms with van der Waals surface area (Å²) in [6, 6.07) is 7.16. The lowest BCUT2D eigenvalue weighted by molar-refractivity contribution is -0.139. The zero-order valence-corrected chi connectivity index (χ0v) is 12.1. The van der Waals surface area contributed by atoms with E-state index in [4.69, 9.17) is 10.8 Å². The number of hydrogen-bond donors (Lipinski definition) is 3. The third kappa shape index (κ3) is 4.48. The highest BCUT2D eigenvalue weighted by Gasteiger charge is 2.35. The van der Waals surface area contributed by atoms with Crippen molar-refractivity contribution in [2.45, 2.75) is 50.5 Å². The van der Waals surface area contributed by atoms with Gasteiger partial charge in [0.25, 0.3) is 0 Å². The summed E-state index contributed by atoms with van der Waals surface area (Å²) in [7, 11) is 0. The highest BCUT2D eigenvalue weighted by molar-refractivity contribution is 5.80. The van der Waals surface area contributed by atoms with Crippen LogP contribution in [-0.4, -0.2) is 22.5 Å². The predicted octanol–water partition coefficient (Wildman–Crippen LogP) is 2.11. The van der Waals surface area contributed by atoms with Crippen LogP contribution in [0.5, 0.6) is 0 Å². The van der Waals surface area contributed by atoms with Gasteiger partial charge in [0.1, 0.15) is 0 Å². The minimum Gasteiger partial charge on any atom is -0.481 e. The number of nitrogens with two attached hydrogens (primary N) is 1.